The van der Waals surface area contributed by atoms with Gasteiger partial charge in [0, 0.05) is 24.4 Å². The highest BCUT2D eigenvalue weighted by Gasteiger charge is 2.13. The second kappa shape index (κ2) is 6.76. The Labute approximate surface area is 131 Å². The molecule has 0 bridgehead atoms. The average Bonchev–Trinajstić information content (AvgIpc) is 2.83. The number of amides is 2. The van der Waals surface area contributed by atoms with E-state index in [0.717, 1.165) is 9.86 Å². The topological polar surface area (TPSA) is 71.3 Å². The van der Waals surface area contributed by atoms with Crippen molar-refractivity contribution in [3.8, 4) is 0 Å². The van der Waals surface area contributed by atoms with Crippen LogP contribution in [0.2, 0.25) is 0 Å². The molecule has 0 aliphatic carbocycles. The van der Waals surface area contributed by atoms with Gasteiger partial charge in [-0.1, -0.05) is 12.1 Å². The number of halogens is 1. The summed E-state index contributed by atoms with van der Waals surface area (Å²) in [5.74, 6) is -0.172. The van der Waals surface area contributed by atoms with Crippen LogP contribution in [0.3, 0.4) is 0 Å². The van der Waals surface area contributed by atoms with Gasteiger partial charge >= 0.3 is 0 Å². The van der Waals surface area contributed by atoms with Gasteiger partial charge in [-0.2, -0.15) is 0 Å². The minimum absolute atomic E-state index is 0.0855. The maximum atomic E-state index is 12.0. The van der Waals surface area contributed by atoms with E-state index < -0.39 is 0 Å². The van der Waals surface area contributed by atoms with E-state index in [0.29, 0.717) is 5.58 Å². The summed E-state index contributed by atoms with van der Waals surface area (Å²) < 4.78 is 6.32. The van der Waals surface area contributed by atoms with Crippen molar-refractivity contribution in [1.29, 1.82) is 0 Å². The number of carbonyl (C=O) groups is 2. The standard InChI is InChI=1S/C15H17BrN2O3/c1-9(2)18-13(19)6-7-17-15(20)12-8-10-4-3-5-11(16)14(10)21-12/h3-5,8-9H,6-7H2,1-2H3,(H,17,20)(H,18,19). The summed E-state index contributed by atoms with van der Waals surface area (Å²) in [4.78, 5) is 23.4. The summed E-state index contributed by atoms with van der Waals surface area (Å²) in [5, 5.41) is 6.29. The fourth-order valence-corrected chi connectivity index (χ4v) is 2.37. The molecule has 2 N–H and O–H groups in total. The predicted octanol–water partition coefficient (Wildman–Crippen LogP) is 2.84. The minimum atomic E-state index is -0.324. The number of rotatable bonds is 5. The van der Waals surface area contributed by atoms with Gasteiger partial charge in [-0.25, -0.2) is 0 Å². The number of para-hydroxylation sites is 1. The third-order valence-electron chi connectivity index (χ3n) is 2.81. The maximum absolute atomic E-state index is 12.0. The lowest BCUT2D eigenvalue weighted by Crippen LogP contribution is -2.34. The van der Waals surface area contributed by atoms with Crippen molar-refractivity contribution >= 4 is 38.7 Å². The van der Waals surface area contributed by atoms with Gasteiger partial charge in [0.25, 0.3) is 5.91 Å². The number of furan rings is 1. The van der Waals surface area contributed by atoms with Gasteiger partial charge in [-0.15, -0.1) is 0 Å². The Morgan fingerprint density at radius 3 is 2.76 bits per heavy atom. The summed E-state index contributed by atoms with van der Waals surface area (Å²) in [5.41, 5.74) is 0.639. The largest absolute Gasteiger partial charge is 0.450 e. The Bertz CT molecular complexity index is 664. The molecule has 0 saturated carbocycles. The van der Waals surface area contributed by atoms with Crippen LogP contribution in [-0.4, -0.2) is 24.4 Å². The van der Waals surface area contributed by atoms with Gasteiger partial charge in [0.15, 0.2) is 5.76 Å². The van der Waals surface area contributed by atoms with Crippen LogP contribution in [0.25, 0.3) is 11.0 Å². The van der Waals surface area contributed by atoms with Gasteiger partial charge in [0.05, 0.1) is 4.47 Å². The summed E-state index contributed by atoms with van der Waals surface area (Å²) in [6, 6.07) is 7.38. The van der Waals surface area contributed by atoms with E-state index >= 15 is 0 Å². The van der Waals surface area contributed by atoms with Crippen LogP contribution in [-0.2, 0) is 4.79 Å². The van der Waals surface area contributed by atoms with Crippen LogP contribution in [0.15, 0.2) is 33.2 Å². The maximum Gasteiger partial charge on any atom is 0.287 e. The minimum Gasteiger partial charge on any atom is -0.450 e. The van der Waals surface area contributed by atoms with Crippen molar-refractivity contribution in [1.82, 2.24) is 10.6 Å². The molecule has 0 saturated heterocycles. The van der Waals surface area contributed by atoms with E-state index in [1.807, 2.05) is 32.0 Å². The molecule has 2 rings (SSSR count). The molecule has 0 atom stereocenters. The van der Waals surface area contributed by atoms with E-state index in [4.69, 9.17) is 4.42 Å². The zero-order valence-electron chi connectivity index (χ0n) is 11.9. The van der Waals surface area contributed by atoms with Gasteiger partial charge in [0.2, 0.25) is 5.91 Å². The SMILES string of the molecule is CC(C)NC(=O)CCNC(=O)c1cc2cccc(Br)c2o1. The molecule has 0 spiro atoms. The molecular formula is C15H17BrN2O3. The molecule has 6 heteroatoms. The monoisotopic (exact) mass is 352 g/mol. The molecule has 0 aliphatic rings. The number of benzene rings is 1. The second-order valence-corrected chi connectivity index (χ2v) is 5.85. The van der Waals surface area contributed by atoms with Gasteiger partial charge in [0.1, 0.15) is 5.58 Å². The number of hydrogen-bond donors (Lipinski definition) is 2. The first-order chi connectivity index (χ1) is 9.97. The Morgan fingerprint density at radius 2 is 2.10 bits per heavy atom. The molecule has 112 valence electrons. The van der Waals surface area contributed by atoms with Gasteiger partial charge < -0.3 is 15.1 Å². The van der Waals surface area contributed by atoms with Crippen molar-refractivity contribution in [3.63, 3.8) is 0 Å². The molecule has 1 heterocycles. The first-order valence-electron chi connectivity index (χ1n) is 6.73. The molecule has 0 radical (unpaired) electrons. The number of hydrogen-bond acceptors (Lipinski definition) is 3. The van der Waals surface area contributed by atoms with Gasteiger partial charge in [-0.3, -0.25) is 9.59 Å². The van der Waals surface area contributed by atoms with Crippen LogP contribution < -0.4 is 10.6 Å². The number of nitrogens with one attached hydrogen (secondary N) is 2. The molecule has 2 aromatic rings. The summed E-state index contributed by atoms with van der Waals surface area (Å²) in [6.45, 7) is 4.06. The lowest BCUT2D eigenvalue weighted by molar-refractivity contribution is -0.121. The first-order valence-corrected chi connectivity index (χ1v) is 7.52. The average molecular weight is 353 g/mol. The Morgan fingerprint density at radius 1 is 1.33 bits per heavy atom. The quantitative estimate of drug-likeness (QED) is 0.868. The highest BCUT2D eigenvalue weighted by atomic mass is 79.9. The van der Waals surface area contributed by atoms with Gasteiger partial charge in [-0.05, 0) is 41.9 Å². The summed E-state index contributed by atoms with van der Waals surface area (Å²) >= 11 is 3.38. The summed E-state index contributed by atoms with van der Waals surface area (Å²) in [6.07, 6.45) is 0.244. The van der Waals surface area contributed by atoms with Crippen molar-refractivity contribution in [2.45, 2.75) is 26.3 Å². The number of fused-ring (bicyclic) bond motifs is 1. The molecule has 0 fully saturated rings. The van der Waals surface area contributed by atoms with E-state index in [2.05, 4.69) is 26.6 Å². The fraction of sp³-hybridized carbons (Fsp3) is 0.333. The molecular weight excluding hydrogens is 336 g/mol. The van der Waals surface area contributed by atoms with E-state index in [1.165, 1.54) is 0 Å². The second-order valence-electron chi connectivity index (χ2n) is 5.00. The van der Waals surface area contributed by atoms with Crippen molar-refractivity contribution in [3.05, 3.63) is 34.5 Å². The van der Waals surface area contributed by atoms with Crippen LogP contribution in [0.5, 0.6) is 0 Å². The fourth-order valence-electron chi connectivity index (χ4n) is 1.91. The van der Waals surface area contributed by atoms with Crippen LogP contribution in [0.4, 0.5) is 0 Å². The third kappa shape index (κ3) is 4.07. The van der Waals surface area contributed by atoms with E-state index in [1.54, 1.807) is 6.07 Å². The molecule has 2 amide bonds. The Kier molecular flexibility index (Phi) is 5.01. The Hall–Kier alpha value is -1.82. The molecule has 21 heavy (non-hydrogen) atoms. The highest BCUT2D eigenvalue weighted by molar-refractivity contribution is 9.10. The first kappa shape index (κ1) is 15.6. The molecule has 1 aromatic heterocycles. The lowest BCUT2D eigenvalue weighted by Gasteiger charge is -2.08. The van der Waals surface area contributed by atoms with E-state index in [9.17, 15) is 9.59 Å². The zero-order valence-corrected chi connectivity index (χ0v) is 13.5. The molecule has 1 aromatic carbocycles. The molecule has 0 unspecified atom stereocenters. The third-order valence-corrected chi connectivity index (χ3v) is 3.43. The summed E-state index contributed by atoms with van der Waals surface area (Å²) in [7, 11) is 0. The highest BCUT2D eigenvalue weighted by Crippen LogP contribution is 2.26. The number of carbonyl (C=O) groups excluding carboxylic acids is 2. The van der Waals surface area contributed by atoms with Crippen LogP contribution in [0.1, 0.15) is 30.8 Å². The Balaban J connectivity index is 1.93. The molecule has 5 nitrogen and oxygen atoms in total. The molecule has 0 aliphatic heterocycles. The van der Waals surface area contributed by atoms with Crippen molar-refractivity contribution in [2.75, 3.05) is 6.54 Å². The smallest absolute Gasteiger partial charge is 0.287 e. The normalized spacial score (nSPS) is 10.9. The zero-order chi connectivity index (χ0) is 15.4. The van der Waals surface area contributed by atoms with E-state index in [-0.39, 0.29) is 36.6 Å². The van der Waals surface area contributed by atoms with Crippen LogP contribution in [0, 0.1) is 0 Å². The van der Waals surface area contributed by atoms with Crippen molar-refractivity contribution < 1.29 is 14.0 Å². The lowest BCUT2D eigenvalue weighted by atomic mass is 10.2. The van der Waals surface area contributed by atoms with Crippen LogP contribution >= 0.6 is 15.9 Å². The van der Waals surface area contributed by atoms with Crippen molar-refractivity contribution in [2.24, 2.45) is 0 Å². The predicted molar refractivity (Wildman–Crippen MR) is 84.1 cm³/mol.